The van der Waals surface area contributed by atoms with Gasteiger partial charge in [-0.25, -0.2) is 5.43 Å². The molecule has 1 N–H and O–H groups in total. The highest BCUT2D eigenvalue weighted by atomic mass is 35.5. The van der Waals surface area contributed by atoms with Gasteiger partial charge >= 0.3 is 0 Å². The molecule has 5 nitrogen and oxygen atoms in total. The van der Waals surface area contributed by atoms with Crippen LogP contribution in [0.3, 0.4) is 0 Å². The second-order valence-corrected chi connectivity index (χ2v) is 7.19. The van der Waals surface area contributed by atoms with Gasteiger partial charge in [0.15, 0.2) is 11.5 Å². The van der Waals surface area contributed by atoms with Crippen molar-refractivity contribution in [1.82, 2.24) is 5.43 Å². The van der Waals surface area contributed by atoms with Crippen LogP contribution in [-0.4, -0.2) is 19.2 Å². The van der Waals surface area contributed by atoms with Gasteiger partial charge in [-0.05, 0) is 42.3 Å². The van der Waals surface area contributed by atoms with Crippen LogP contribution in [-0.2, 0) is 17.8 Å². The zero-order chi connectivity index (χ0) is 21.3. The molecule has 0 aliphatic heterocycles. The van der Waals surface area contributed by atoms with E-state index in [1.165, 1.54) is 5.56 Å². The second kappa shape index (κ2) is 10.5. The Kier molecular flexibility index (Phi) is 7.46. The number of benzene rings is 3. The molecule has 0 bridgehead atoms. The maximum atomic E-state index is 12.1. The van der Waals surface area contributed by atoms with E-state index in [1.807, 2.05) is 55.5 Å². The lowest BCUT2D eigenvalue weighted by Gasteiger charge is -2.13. The highest BCUT2D eigenvalue weighted by Crippen LogP contribution is 2.30. The Hall–Kier alpha value is -3.31. The van der Waals surface area contributed by atoms with Gasteiger partial charge < -0.3 is 9.47 Å². The summed E-state index contributed by atoms with van der Waals surface area (Å²) in [6.45, 7) is 2.43. The number of hydrazone groups is 1. The van der Waals surface area contributed by atoms with Crippen molar-refractivity contribution in [2.45, 2.75) is 20.0 Å². The van der Waals surface area contributed by atoms with Crippen LogP contribution in [0.2, 0.25) is 5.02 Å². The molecule has 0 spiro atoms. The molecule has 0 aliphatic rings. The van der Waals surface area contributed by atoms with E-state index in [0.717, 1.165) is 11.1 Å². The molecule has 1 amide bonds. The average Bonchev–Trinajstić information content (AvgIpc) is 2.74. The number of amides is 1. The minimum absolute atomic E-state index is 0.212. The summed E-state index contributed by atoms with van der Waals surface area (Å²) in [7, 11) is 1.59. The average molecular weight is 423 g/mol. The Bertz CT molecular complexity index is 1030. The number of nitrogens with one attached hydrogen (secondary N) is 1. The summed E-state index contributed by atoms with van der Waals surface area (Å²) >= 11 is 5.87. The first-order valence-corrected chi connectivity index (χ1v) is 9.84. The molecule has 0 saturated heterocycles. The van der Waals surface area contributed by atoms with Crippen LogP contribution in [0.4, 0.5) is 0 Å². The molecule has 154 valence electrons. The van der Waals surface area contributed by atoms with Crippen LogP contribution in [0, 0.1) is 6.92 Å². The minimum Gasteiger partial charge on any atom is -0.493 e. The van der Waals surface area contributed by atoms with Crippen molar-refractivity contribution in [3.63, 3.8) is 0 Å². The van der Waals surface area contributed by atoms with Crippen LogP contribution in [0.25, 0.3) is 0 Å². The number of hydrogen-bond donors (Lipinski definition) is 1. The summed E-state index contributed by atoms with van der Waals surface area (Å²) in [4.78, 5) is 12.1. The van der Waals surface area contributed by atoms with Gasteiger partial charge in [0.05, 0.1) is 19.7 Å². The molecule has 30 heavy (non-hydrogen) atoms. The Labute approximate surface area is 181 Å². The first kappa shape index (κ1) is 21.4. The molecule has 0 aliphatic carbocycles. The van der Waals surface area contributed by atoms with Crippen LogP contribution < -0.4 is 14.9 Å². The number of hydrogen-bond acceptors (Lipinski definition) is 4. The molecule has 3 aromatic carbocycles. The maximum absolute atomic E-state index is 12.1. The van der Waals surface area contributed by atoms with E-state index in [9.17, 15) is 4.79 Å². The van der Waals surface area contributed by atoms with Crippen LogP contribution >= 0.6 is 11.6 Å². The quantitative estimate of drug-likeness (QED) is 0.413. The zero-order valence-electron chi connectivity index (χ0n) is 16.9. The van der Waals surface area contributed by atoms with Gasteiger partial charge in [0.25, 0.3) is 0 Å². The standard InChI is InChI=1S/C24H23ClN2O3/c1-17-5-3-6-19(13-17)16-30-24-20(7-4-8-22(24)29-2)15-26-27-23(28)14-18-9-11-21(25)12-10-18/h3-13,15H,14,16H2,1-2H3,(H,27,28)/b26-15-. The number of nitrogens with zero attached hydrogens (tertiary/aromatic N) is 1. The van der Waals surface area contributed by atoms with Crippen molar-refractivity contribution in [2.24, 2.45) is 5.10 Å². The van der Waals surface area contributed by atoms with E-state index < -0.39 is 0 Å². The van der Waals surface area contributed by atoms with Gasteiger partial charge in [0, 0.05) is 10.6 Å². The highest BCUT2D eigenvalue weighted by molar-refractivity contribution is 6.30. The summed E-state index contributed by atoms with van der Waals surface area (Å²) < 4.78 is 11.5. The second-order valence-electron chi connectivity index (χ2n) is 6.75. The Morgan fingerprint density at radius 3 is 2.57 bits per heavy atom. The van der Waals surface area contributed by atoms with Gasteiger partial charge in [-0.15, -0.1) is 0 Å². The van der Waals surface area contributed by atoms with Gasteiger partial charge in [-0.2, -0.15) is 5.10 Å². The van der Waals surface area contributed by atoms with Gasteiger partial charge in [-0.3, -0.25) is 4.79 Å². The van der Waals surface area contributed by atoms with Crippen molar-refractivity contribution < 1.29 is 14.3 Å². The van der Waals surface area contributed by atoms with E-state index in [-0.39, 0.29) is 12.3 Å². The van der Waals surface area contributed by atoms with Gasteiger partial charge in [0.1, 0.15) is 6.61 Å². The molecule has 6 heteroatoms. The number of para-hydroxylation sites is 1. The Morgan fingerprint density at radius 1 is 1.07 bits per heavy atom. The summed E-state index contributed by atoms with van der Waals surface area (Å²) in [5.74, 6) is 0.940. The summed E-state index contributed by atoms with van der Waals surface area (Å²) in [6, 6.07) is 20.7. The Balaban J connectivity index is 1.67. The maximum Gasteiger partial charge on any atom is 0.244 e. The minimum atomic E-state index is -0.223. The van der Waals surface area contributed by atoms with Crippen LogP contribution in [0.5, 0.6) is 11.5 Å². The predicted octanol–water partition coefficient (Wildman–Crippen LogP) is 4.93. The normalized spacial score (nSPS) is 10.8. The van der Waals surface area contributed by atoms with Crippen molar-refractivity contribution in [3.8, 4) is 11.5 Å². The third-order valence-corrected chi connectivity index (χ3v) is 4.62. The van der Waals surface area contributed by atoms with Crippen molar-refractivity contribution in [1.29, 1.82) is 0 Å². The number of aryl methyl sites for hydroxylation is 1. The number of rotatable bonds is 8. The fourth-order valence-electron chi connectivity index (χ4n) is 2.91. The van der Waals surface area contributed by atoms with Gasteiger partial charge in [0.2, 0.25) is 5.91 Å². The molecule has 3 aromatic rings. The zero-order valence-corrected chi connectivity index (χ0v) is 17.6. The smallest absolute Gasteiger partial charge is 0.244 e. The third-order valence-electron chi connectivity index (χ3n) is 4.37. The molecular weight excluding hydrogens is 400 g/mol. The number of ether oxygens (including phenoxy) is 2. The van der Waals surface area contributed by atoms with Crippen molar-refractivity contribution >= 4 is 23.7 Å². The number of halogens is 1. The summed E-state index contributed by atoms with van der Waals surface area (Å²) in [6.07, 6.45) is 1.76. The van der Waals surface area contributed by atoms with Crippen molar-refractivity contribution in [3.05, 3.63) is 94.0 Å². The molecule has 0 aromatic heterocycles. The lowest BCUT2D eigenvalue weighted by Crippen LogP contribution is -2.19. The molecule has 3 rings (SSSR count). The van der Waals surface area contributed by atoms with E-state index >= 15 is 0 Å². The van der Waals surface area contributed by atoms with Crippen LogP contribution in [0.1, 0.15) is 22.3 Å². The fourth-order valence-corrected chi connectivity index (χ4v) is 3.03. The topological polar surface area (TPSA) is 59.9 Å². The lowest BCUT2D eigenvalue weighted by molar-refractivity contribution is -0.120. The summed E-state index contributed by atoms with van der Waals surface area (Å²) in [5, 5.41) is 4.71. The van der Waals surface area contributed by atoms with E-state index in [4.69, 9.17) is 21.1 Å². The predicted molar refractivity (Wildman–Crippen MR) is 119 cm³/mol. The number of carbonyl (C=O) groups excluding carboxylic acids is 1. The largest absolute Gasteiger partial charge is 0.493 e. The first-order chi connectivity index (χ1) is 14.5. The lowest BCUT2D eigenvalue weighted by atomic mass is 10.1. The van der Waals surface area contributed by atoms with Crippen LogP contribution in [0.15, 0.2) is 71.8 Å². The summed E-state index contributed by atoms with van der Waals surface area (Å²) in [5.41, 5.74) is 6.32. The van der Waals surface area contributed by atoms with E-state index in [2.05, 4.69) is 16.6 Å². The molecule has 0 radical (unpaired) electrons. The van der Waals surface area contributed by atoms with Crippen molar-refractivity contribution in [2.75, 3.05) is 7.11 Å². The molecule has 0 fully saturated rings. The van der Waals surface area contributed by atoms with Gasteiger partial charge in [-0.1, -0.05) is 59.6 Å². The molecule has 0 unspecified atom stereocenters. The Morgan fingerprint density at radius 2 is 1.83 bits per heavy atom. The SMILES string of the molecule is COc1cccc(/C=N\NC(=O)Cc2ccc(Cl)cc2)c1OCc1cccc(C)c1. The molecule has 0 heterocycles. The third kappa shape index (κ3) is 6.09. The number of methoxy groups -OCH3 is 1. The van der Waals surface area contributed by atoms with E-state index in [0.29, 0.717) is 28.7 Å². The molecule has 0 atom stereocenters. The monoisotopic (exact) mass is 422 g/mol. The highest BCUT2D eigenvalue weighted by Gasteiger charge is 2.10. The molecule has 0 saturated carbocycles. The van der Waals surface area contributed by atoms with E-state index in [1.54, 1.807) is 25.5 Å². The number of carbonyl (C=O) groups is 1. The first-order valence-electron chi connectivity index (χ1n) is 9.47. The molecular formula is C24H23ClN2O3. The fraction of sp³-hybridized carbons (Fsp3) is 0.167.